The minimum atomic E-state index is 0.157. The molecule has 0 aromatic heterocycles. The van der Waals surface area contributed by atoms with E-state index in [1.807, 2.05) is 0 Å². The van der Waals surface area contributed by atoms with E-state index in [2.05, 4.69) is 24.2 Å². The molecule has 3 heteroatoms. The van der Waals surface area contributed by atoms with Crippen LogP contribution in [0.25, 0.3) is 0 Å². The molecule has 0 aliphatic carbocycles. The predicted octanol–water partition coefficient (Wildman–Crippen LogP) is 0.997. The lowest BCUT2D eigenvalue weighted by Gasteiger charge is -2.37. The van der Waals surface area contributed by atoms with Gasteiger partial charge in [-0.25, -0.2) is 0 Å². The Labute approximate surface area is 85.8 Å². The number of carbonyl (C=O) groups excluding carboxylic acids is 1. The second kappa shape index (κ2) is 3.54. The van der Waals surface area contributed by atoms with E-state index in [0.717, 1.165) is 38.8 Å². The average molecular weight is 196 g/mol. The average Bonchev–Trinajstić information content (AvgIpc) is 2.49. The fourth-order valence-corrected chi connectivity index (χ4v) is 2.68. The van der Waals surface area contributed by atoms with Gasteiger partial charge in [0, 0.05) is 24.5 Å². The molecule has 0 aromatic rings. The van der Waals surface area contributed by atoms with Crippen molar-refractivity contribution in [1.82, 2.24) is 10.2 Å². The fourth-order valence-electron chi connectivity index (χ4n) is 2.68. The number of nitrogens with one attached hydrogen (secondary N) is 1. The van der Waals surface area contributed by atoms with Gasteiger partial charge in [-0.15, -0.1) is 0 Å². The molecule has 0 radical (unpaired) electrons. The van der Waals surface area contributed by atoms with Crippen molar-refractivity contribution in [3.63, 3.8) is 0 Å². The number of nitrogens with zero attached hydrogens (tertiary/aromatic N) is 1. The van der Waals surface area contributed by atoms with Crippen LogP contribution in [-0.2, 0) is 4.79 Å². The Morgan fingerprint density at radius 3 is 2.64 bits per heavy atom. The van der Waals surface area contributed by atoms with Crippen molar-refractivity contribution in [3.05, 3.63) is 0 Å². The maximum Gasteiger partial charge on any atom is 0.223 e. The largest absolute Gasteiger partial charge is 0.350 e. The number of piperidine rings is 1. The SMILES string of the molecule is CCC1CC2(CCN(C)CC2)NC1=O. The van der Waals surface area contributed by atoms with E-state index < -0.39 is 0 Å². The Morgan fingerprint density at radius 1 is 1.50 bits per heavy atom. The molecule has 2 aliphatic heterocycles. The molecular weight excluding hydrogens is 176 g/mol. The molecule has 0 bridgehead atoms. The van der Waals surface area contributed by atoms with Gasteiger partial charge in [0.1, 0.15) is 0 Å². The molecular formula is C11H20N2O. The van der Waals surface area contributed by atoms with Gasteiger partial charge < -0.3 is 10.2 Å². The van der Waals surface area contributed by atoms with Crippen LogP contribution in [-0.4, -0.2) is 36.5 Å². The van der Waals surface area contributed by atoms with E-state index >= 15 is 0 Å². The van der Waals surface area contributed by atoms with E-state index in [4.69, 9.17) is 0 Å². The van der Waals surface area contributed by atoms with E-state index in [-0.39, 0.29) is 17.4 Å². The third-order valence-corrected chi connectivity index (χ3v) is 3.83. The van der Waals surface area contributed by atoms with Gasteiger partial charge in [0.25, 0.3) is 0 Å². The molecule has 1 N–H and O–H groups in total. The lowest BCUT2D eigenvalue weighted by molar-refractivity contribution is -0.123. The number of rotatable bonds is 1. The lowest BCUT2D eigenvalue weighted by Crippen LogP contribution is -2.49. The molecule has 1 atom stereocenters. The van der Waals surface area contributed by atoms with Gasteiger partial charge in [0.05, 0.1) is 0 Å². The van der Waals surface area contributed by atoms with E-state index in [0.29, 0.717) is 0 Å². The van der Waals surface area contributed by atoms with Gasteiger partial charge >= 0.3 is 0 Å². The summed E-state index contributed by atoms with van der Waals surface area (Å²) in [7, 11) is 2.15. The quantitative estimate of drug-likeness (QED) is 0.678. The molecule has 14 heavy (non-hydrogen) atoms. The number of amides is 1. The monoisotopic (exact) mass is 196 g/mol. The number of hydrogen-bond donors (Lipinski definition) is 1. The third-order valence-electron chi connectivity index (χ3n) is 3.83. The van der Waals surface area contributed by atoms with Crippen LogP contribution in [0.3, 0.4) is 0 Å². The van der Waals surface area contributed by atoms with Crippen molar-refractivity contribution in [2.24, 2.45) is 5.92 Å². The molecule has 1 amide bonds. The maximum absolute atomic E-state index is 11.6. The highest BCUT2D eigenvalue weighted by Crippen LogP contribution is 2.35. The van der Waals surface area contributed by atoms with Crippen LogP contribution in [0, 0.1) is 5.92 Å². The molecule has 1 spiro atoms. The van der Waals surface area contributed by atoms with E-state index in [1.165, 1.54) is 0 Å². The van der Waals surface area contributed by atoms with Gasteiger partial charge in [-0.1, -0.05) is 6.92 Å². The molecule has 1 unspecified atom stereocenters. The minimum absolute atomic E-state index is 0.157. The van der Waals surface area contributed by atoms with Gasteiger partial charge in [0.2, 0.25) is 5.91 Å². The Morgan fingerprint density at radius 2 is 2.14 bits per heavy atom. The highest BCUT2D eigenvalue weighted by atomic mass is 16.2. The molecule has 2 saturated heterocycles. The highest BCUT2D eigenvalue weighted by Gasteiger charge is 2.44. The Kier molecular flexibility index (Phi) is 2.52. The highest BCUT2D eigenvalue weighted by molar-refractivity contribution is 5.82. The van der Waals surface area contributed by atoms with Crippen molar-refractivity contribution >= 4 is 5.91 Å². The summed E-state index contributed by atoms with van der Waals surface area (Å²) in [5, 5.41) is 3.23. The molecule has 80 valence electrons. The Balaban J connectivity index is 2.02. The Bertz CT molecular complexity index is 231. The summed E-state index contributed by atoms with van der Waals surface area (Å²) in [6, 6.07) is 0. The van der Waals surface area contributed by atoms with Crippen LogP contribution < -0.4 is 5.32 Å². The van der Waals surface area contributed by atoms with Gasteiger partial charge in [-0.3, -0.25) is 4.79 Å². The maximum atomic E-state index is 11.6. The number of likely N-dealkylation sites (tertiary alicyclic amines) is 1. The first-order valence-electron chi connectivity index (χ1n) is 5.66. The topological polar surface area (TPSA) is 32.3 Å². The first-order valence-corrected chi connectivity index (χ1v) is 5.66. The van der Waals surface area contributed by atoms with Crippen molar-refractivity contribution in [2.75, 3.05) is 20.1 Å². The van der Waals surface area contributed by atoms with Crippen LogP contribution in [0.15, 0.2) is 0 Å². The molecule has 2 aliphatic rings. The van der Waals surface area contributed by atoms with E-state index in [9.17, 15) is 4.79 Å². The molecule has 2 heterocycles. The second-order valence-electron chi connectivity index (χ2n) is 4.88. The zero-order valence-corrected chi connectivity index (χ0v) is 9.18. The predicted molar refractivity (Wildman–Crippen MR) is 56.0 cm³/mol. The number of carbonyl (C=O) groups is 1. The standard InChI is InChI=1S/C11H20N2O/c1-3-9-8-11(12-10(9)14)4-6-13(2)7-5-11/h9H,3-8H2,1-2H3,(H,12,14). The van der Waals surface area contributed by atoms with E-state index in [1.54, 1.807) is 0 Å². The smallest absolute Gasteiger partial charge is 0.223 e. The van der Waals surface area contributed by atoms with Gasteiger partial charge in [-0.05, 0) is 32.7 Å². The fraction of sp³-hybridized carbons (Fsp3) is 0.909. The summed E-state index contributed by atoms with van der Waals surface area (Å²) in [4.78, 5) is 14.0. The zero-order chi connectivity index (χ0) is 10.2. The van der Waals surface area contributed by atoms with Gasteiger partial charge in [-0.2, -0.15) is 0 Å². The first-order chi connectivity index (χ1) is 6.65. The molecule has 2 rings (SSSR count). The number of hydrogen-bond acceptors (Lipinski definition) is 2. The van der Waals surface area contributed by atoms with Crippen molar-refractivity contribution < 1.29 is 4.79 Å². The second-order valence-corrected chi connectivity index (χ2v) is 4.88. The van der Waals surface area contributed by atoms with Crippen LogP contribution in [0.2, 0.25) is 0 Å². The summed E-state index contributed by atoms with van der Waals surface area (Å²) in [5.41, 5.74) is 0.157. The molecule has 0 saturated carbocycles. The summed E-state index contributed by atoms with van der Waals surface area (Å²) < 4.78 is 0. The summed E-state index contributed by atoms with van der Waals surface area (Å²) in [5.74, 6) is 0.565. The summed E-state index contributed by atoms with van der Waals surface area (Å²) in [6.45, 7) is 4.35. The van der Waals surface area contributed by atoms with Crippen molar-refractivity contribution in [3.8, 4) is 0 Å². The van der Waals surface area contributed by atoms with Crippen LogP contribution in [0.4, 0.5) is 0 Å². The molecule has 3 nitrogen and oxygen atoms in total. The van der Waals surface area contributed by atoms with Crippen LogP contribution >= 0.6 is 0 Å². The first kappa shape index (κ1) is 9.97. The van der Waals surface area contributed by atoms with Gasteiger partial charge in [0.15, 0.2) is 0 Å². The van der Waals surface area contributed by atoms with Crippen molar-refractivity contribution in [1.29, 1.82) is 0 Å². The zero-order valence-electron chi connectivity index (χ0n) is 9.18. The Hall–Kier alpha value is -0.570. The summed E-state index contributed by atoms with van der Waals surface area (Å²) in [6.07, 6.45) is 4.32. The molecule has 2 fully saturated rings. The van der Waals surface area contributed by atoms with Crippen LogP contribution in [0.1, 0.15) is 32.6 Å². The third kappa shape index (κ3) is 1.65. The van der Waals surface area contributed by atoms with Crippen LogP contribution in [0.5, 0.6) is 0 Å². The molecule has 0 aromatic carbocycles. The normalized spacial score (nSPS) is 32.1. The summed E-state index contributed by atoms with van der Waals surface area (Å²) >= 11 is 0. The minimum Gasteiger partial charge on any atom is -0.350 e. The van der Waals surface area contributed by atoms with Crippen molar-refractivity contribution in [2.45, 2.75) is 38.1 Å². The lowest BCUT2D eigenvalue weighted by atomic mass is 9.83.